The Hall–Kier alpha value is -3.12. The number of benzene rings is 2. The van der Waals surface area contributed by atoms with Crippen molar-refractivity contribution in [3.8, 4) is 0 Å². The highest BCUT2D eigenvalue weighted by Gasteiger charge is 2.51. The van der Waals surface area contributed by atoms with Gasteiger partial charge in [-0.2, -0.15) is 13.2 Å². The molecule has 3 amide bonds. The van der Waals surface area contributed by atoms with Crippen LogP contribution in [0, 0.1) is 0 Å². The van der Waals surface area contributed by atoms with Crippen LogP contribution >= 0.6 is 0 Å². The molecule has 2 aromatic carbocycles. The number of nitrogens with zero attached hydrogens (tertiary/aromatic N) is 1. The fraction of sp³-hybridized carbons (Fsp3) is 0.391. The van der Waals surface area contributed by atoms with Crippen LogP contribution in [0.25, 0.3) is 0 Å². The Balaban J connectivity index is 1.60. The van der Waals surface area contributed by atoms with E-state index in [4.69, 9.17) is 0 Å². The Bertz CT molecular complexity index is 1270. The van der Waals surface area contributed by atoms with Crippen molar-refractivity contribution in [2.45, 2.75) is 54.3 Å². The van der Waals surface area contributed by atoms with E-state index in [1.165, 1.54) is 42.3 Å². The zero-order valence-corrected chi connectivity index (χ0v) is 19.7. The van der Waals surface area contributed by atoms with Crippen molar-refractivity contribution >= 4 is 27.5 Å². The number of anilines is 1. The third-order valence-corrected chi connectivity index (χ3v) is 8.60. The largest absolute Gasteiger partial charge is 0.421 e. The highest BCUT2D eigenvalue weighted by atomic mass is 32.2. The first kappa shape index (κ1) is 25.0. The Kier molecular flexibility index (Phi) is 6.08. The van der Waals surface area contributed by atoms with Crippen LogP contribution in [0.5, 0.6) is 0 Å². The zero-order chi connectivity index (χ0) is 25.8. The molecule has 0 aromatic heterocycles. The number of alkyl halides is 3. The van der Waals surface area contributed by atoms with Crippen LogP contribution in [0.4, 0.5) is 23.7 Å². The van der Waals surface area contributed by atoms with Crippen LogP contribution in [0.15, 0.2) is 47.4 Å². The van der Waals surface area contributed by atoms with Gasteiger partial charge in [-0.15, -0.1) is 0 Å². The predicted octanol–water partition coefficient (Wildman–Crippen LogP) is 3.23. The topological polar surface area (TPSA) is 116 Å². The third kappa shape index (κ3) is 4.47. The summed E-state index contributed by atoms with van der Waals surface area (Å²) in [5, 5.41) is 14.4. The fourth-order valence-electron chi connectivity index (χ4n) is 4.04. The van der Waals surface area contributed by atoms with Crippen LogP contribution in [-0.2, 0) is 26.8 Å². The number of fused-ring (bicyclic) bond motifs is 1. The van der Waals surface area contributed by atoms with Gasteiger partial charge in [-0.3, -0.25) is 4.79 Å². The second-order valence-electron chi connectivity index (χ2n) is 8.83. The molecule has 0 radical (unpaired) electrons. The quantitative estimate of drug-likeness (QED) is 0.570. The van der Waals surface area contributed by atoms with Crippen molar-refractivity contribution in [1.29, 1.82) is 0 Å². The number of halogens is 3. The summed E-state index contributed by atoms with van der Waals surface area (Å²) in [5.74, 6) is -0.625. The summed E-state index contributed by atoms with van der Waals surface area (Å²) in [4.78, 5) is 27.0. The monoisotopic (exact) mass is 511 g/mol. The number of hydrogen-bond acceptors (Lipinski definition) is 5. The van der Waals surface area contributed by atoms with Gasteiger partial charge >= 0.3 is 12.2 Å². The van der Waals surface area contributed by atoms with Gasteiger partial charge in [0.25, 0.3) is 5.91 Å². The lowest BCUT2D eigenvalue weighted by atomic mass is 9.95. The van der Waals surface area contributed by atoms with Gasteiger partial charge < -0.3 is 20.6 Å². The normalized spacial score (nSPS) is 19.6. The van der Waals surface area contributed by atoms with Gasteiger partial charge in [0.1, 0.15) is 6.04 Å². The molecule has 2 atom stereocenters. The third-order valence-electron chi connectivity index (χ3n) is 6.34. The van der Waals surface area contributed by atoms with Gasteiger partial charge in [-0.1, -0.05) is 18.2 Å². The van der Waals surface area contributed by atoms with E-state index in [-0.39, 0.29) is 17.1 Å². The molecular weight excluding hydrogens is 487 g/mol. The average molecular weight is 512 g/mol. The molecule has 0 spiro atoms. The molecule has 3 N–H and O–H groups in total. The van der Waals surface area contributed by atoms with E-state index >= 15 is 0 Å². The molecule has 12 heteroatoms. The van der Waals surface area contributed by atoms with Gasteiger partial charge in [-0.05, 0) is 60.7 Å². The molecule has 188 valence electrons. The SMILES string of the molecule is CNC(=O)N1Cc2cc(S(=O)(=O)C3CC3)ccc2C1C(=O)Nc1ccc(C(C)(O)C(F)(F)F)cc1. The van der Waals surface area contributed by atoms with Crippen LogP contribution in [0.1, 0.15) is 42.5 Å². The summed E-state index contributed by atoms with van der Waals surface area (Å²) >= 11 is 0. The van der Waals surface area contributed by atoms with Gasteiger partial charge in [0.2, 0.25) is 0 Å². The first-order valence-electron chi connectivity index (χ1n) is 10.8. The minimum atomic E-state index is -4.88. The van der Waals surface area contributed by atoms with Crippen molar-refractivity contribution in [1.82, 2.24) is 10.2 Å². The van der Waals surface area contributed by atoms with Crippen molar-refractivity contribution in [2.24, 2.45) is 0 Å². The Morgan fingerprint density at radius 3 is 2.26 bits per heavy atom. The van der Waals surface area contributed by atoms with Crippen molar-refractivity contribution in [2.75, 3.05) is 12.4 Å². The van der Waals surface area contributed by atoms with Gasteiger partial charge in [0.15, 0.2) is 15.4 Å². The molecule has 1 aliphatic heterocycles. The lowest BCUT2D eigenvalue weighted by molar-refractivity contribution is -0.258. The van der Waals surface area contributed by atoms with E-state index in [9.17, 15) is 36.3 Å². The first-order chi connectivity index (χ1) is 16.3. The minimum absolute atomic E-state index is 0.00844. The Morgan fingerprint density at radius 2 is 1.71 bits per heavy atom. The maximum absolute atomic E-state index is 13.2. The van der Waals surface area contributed by atoms with E-state index < -0.39 is 50.4 Å². The lowest BCUT2D eigenvalue weighted by Gasteiger charge is -2.27. The Labute approximate surface area is 200 Å². The van der Waals surface area contributed by atoms with E-state index in [0.717, 1.165) is 12.1 Å². The summed E-state index contributed by atoms with van der Waals surface area (Å²) in [7, 11) is -2.07. The van der Waals surface area contributed by atoms with E-state index in [1.54, 1.807) is 0 Å². The van der Waals surface area contributed by atoms with Crippen LogP contribution in [0.3, 0.4) is 0 Å². The number of amides is 3. The fourth-order valence-corrected chi connectivity index (χ4v) is 5.75. The zero-order valence-electron chi connectivity index (χ0n) is 18.9. The van der Waals surface area contributed by atoms with E-state index in [1.807, 2.05) is 0 Å². The maximum atomic E-state index is 13.2. The van der Waals surface area contributed by atoms with E-state index in [0.29, 0.717) is 30.9 Å². The van der Waals surface area contributed by atoms with Crippen molar-refractivity contribution in [3.05, 3.63) is 59.2 Å². The molecule has 0 bridgehead atoms. The van der Waals surface area contributed by atoms with Crippen molar-refractivity contribution < 1.29 is 36.3 Å². The molecule has 1 saturated carbocycles. The molecule has 1 fully saturated rings. The molecule has 2 unspecified atom stereocenters. The predicted molar refractivity (Wildman–Crippen MR) is 120 cm³/mol. The smallest absolute Gasteiger partial charge is 0.376 e. The maximum Gasteiger partial charge on any atom is 0.421 e. The van der Waals surface area contributed by atoms with E-state index in [2.05, 4.69) is 10.6 Å². The summed E-state index contributed by atoms with van der Waals surface area (Å²) in [5.41, 5.74) is -2.32. The molecule has 4 rings (SSSR count). The van der Waals surface area contributed by atoms with Gasteiger partial charge in [0.05, 0.1) is 10.1 Å². The number of urea groups is 1. The highest BCUT2D eigenvalue weighted by molar-refractivity contribution is 7.92. The highest BCUT2D eigenvalue weighted by Crippen LogP contribution is 2.40. The second-order valence-corrected chi connectivity index (χ2v) is 11.1. The molecule has 35 heavy (non-hydrogen) atoms. The number of nitrogens with one attached hydrogen (secondary N) is 2. The van der Waals surface area contributed by atoms with Crippen molar-refractivity contribution in [3.63, 3.8) is 0 Å². The summed E-state index contributed by atoms with van der Waals surface area (Å²) in [6, 6.07) is 7.34. The van der Waals surface area contributed by atoms with Gasteiger partial charge in [-0.25, -0.2) is 13.2 Å². The number of sulfone groups is 1. The summed E-state index contributed by atoms with van der Waals surface area (Å²) in [6.07, 6.45) is -3.68. The lowest BCUT2D eigenvalue weighted by Crippen LogP contribution is -2.41. The molecule has 1 aliphatic carbocycles. The summed E-state index contributed by atoms with van der Waals surface area (Å²) in [6.45, 7) is 0.642. The number of carbonyl (C=O) groups is 2. The van der Waals surface area contributed by atoms with Crippen LogP contribution in [-0.4, -0.2) is 48.8 Å². The number of aliphatic hydroxyl groups is 1. The minimum Gasteiger partial charge on any atom is -0.376 e. The summed E-state index contributed by atoms with van der Waals surface area (Å²) < 4.78 is 64.5. The second kappa shape index (κ2) is 8.52. The molecule has 1 heterocycles. The number of hydrogen-bond donors (Lipinski definition) is 3. The standard InChI is InChI=1S/C23H24F3N3O5S/c1-22(32,23(24,25)26)14-3-5-15(6-4-14)28-20(30)19-18-10-9-17(35(33,34)16-7-8-16)11-13(18)12-29(19)21(31)27-2/h3-6,9-11,16,19,32H,7-8,12H2,1-2H3,(H,27,31)(H,28,30). The molecule has 2 aromatic rings. The average Bonchev–Trinajstić information content (AvgIpc) is 3.58. The number of rotatable bonds is 5. The molecule has 8 nitrogen and oxygen atoms in total. The molecule has 0 saturated heterocycles. The molecular formula is C23H24F3N3O5S. The van der Waals surface area contributed by atoms with Crippen LogP contribution < -0.4 is 10.6 Å². The Morgan fingerprint density at radius 1 is 1.09 bits per heavy atom. The molecule has 2 aliphatic rings. The first-order valence-corrected chi connectivity index (χ1v) is 12.4. The number of carbonyl (C=O) groups excluding carboxylic acids is 2. The van der Waals surface area contributed by atoms with Gasteiger partial charge in [0, 0.05) is 19.3 Å². The van der Waals surface area contributed by atoms with Crippen LogP contribution in [0.2, 0.25) is 0 Å².